The third-order valence-electron chi connectivity index (χ3n) is 13.2. The van der Waals surface area contributed by atoms with Crippen molar-refractivity contribution >= 4 is 17.9 Å². The second kappa shape index (κ2) is 55.5. The number of allylic oxidation sites excluding steroid dienone is 4. The van der Waals surface area contributed by atoms with Crippen LogP contribution in [0, 0.1) is 0 Å². The van der Waals surface area contributed by atoms with Crippen LogP contribution in [0.25, 0.3) is 0 Å². The van der Waals surface area contributed by atoms with Gasteiger partial charge in [0.1, 0.15) is 13.2 Å². The van der Waals surface area contributed by atoms with E-state index in [0.29, 0.717) is 19.3 Å². The predicted octanol–water partition coefficient (Wildman–Crippen LogP) is 19.5. The van der Waals surface area contributed by atoms with E-state index < -0.39 is 6.10 Å². The normalized spacial score (nSPS) is 12.1. The van der Waals surface area contributed by atoms with E-state index >= 15 is 0 Å². The van der Waals surface area contributed by atoms with E-state index in [1.165, 1.54) is 205 Å². The van der Waals surface area contributed by atoms with E-state index in [-0.39, 0.29) is 31.1 Å². The van der Waals surface area contributed by atoms with Gasteiger partial charge in [-0.2, -0.15) is 0 Å². The van der Waals surface area contributed by atoms with Gasteiger partial charge in [-0.1, -0.05) is 276 Å². The van der Waals surface area contributed by atoms with Gasteiger partial charge < -0.3 is 14.2 Å². The number of ether oxygens (including phenoxy) is 3. The van der Waals surface area contributed by atoms with Gasteiger partial charge in [0.25, 0.3) is 0 Å². The van der Waals surface area contributed by atoms with Crippen molar-refractivity contribution in [3.05, 3.63) is 24.3 Å². The first-order valence-corrected chi connectivity index (χ1v) is 29.3. The molecule has 1 unspecified atom stereocenters. The van der Waals surface area contributed by atoms with Gasteiger partial charge in [-0.3, -0.25) is 14.4 Å². The second-order valence-electron chi connectivity index (χ2n) is 19.9. The highest BCUT2D eigenvalue weighted by Crippen LogP contribution is 2.17. The van der Waals surface area contributed by atoms with E-state index in [0.717, 1.165) is 77.0 Å². The average molecular weight is 930 g/mol. The van der Waals surface area contributed by atoms with E-state index in [1.54, 1.807) is 0 Å². The molecule has 0 spiro atoms. The summed E-state index contributed by atoms with van der Waals surface area (Å²) in [5.41, 5.74) is 0. The number of esters is 3. The Kier molecular flexibility index (Phi) is 53.7. The fourth-order valence-corrected chi connectivity index (χ4v) is 8.77. The lowest BCUT2D eigenvalue weighted by atomic mass is 10.0. The third kappa shape index (κ3) is 52.9. The molecule has 6 heteroatoms. The molecule has 0 aromatic carbocycles. The van der Waals surface area contributed by atoms with Gasteiger partial charge in [0, 0.05) is 19.3 Å². The van der Waals surface area contributed by atoms with Crippen molar-refractivity contribution < 1.29 is 28.6 Å². The zero-order valence-corrected chi connectivity index (χ0v) is 44.5. The summed E-state index contributed by atoms with van der Waals surface area (Å²) >= 11 is 0. The van der Waals surface area contributed by atoms with Crippen LogP contribution in [0.2, 0.25) is 0 Å². The molecule has 0 aliphatic heterocycles. The lowest BCUT2D eigenvalue weighted by Crippen LogP contribution is -2.30. The first-order valence-electron chi connectivity index (χ1n) is 29.3. The van der Waals surface area contributed by atoms with Crippen LogP contribution in [0.5, 0.6) is 0 Å². The number of carbonyl (C=O) groups excluding carboxylic acids is 3. The Morgan fingerprint density at radius 3 is 0.864 bits per heavy atom. The molecule has 66 heavy (non-hydrogen) atoms. The van der Waals surface area contributed by atoms with Gasteiger partial charge in [0.05, 0.1) is 0 Å². The molecule has 0 rings (SSSR count). The number of hydrogen-bond acceptors (Lipinski definition) is 6. The van der Waals surface area contributed by atoms with E-state index in [9.17, 15) is 14.4 Å². The zero-order chi connectivity index (χ0) is 47.9. The van der Waals surface area contributed by atoms with Crippen molar-refractivity contribution in [1.82, 2.24) is 0 Å². The Balaban J connectivity index is 4.31. The molecule has 0 aliphatic carbocycles. The maximum absolute atomic E-state index is 12.8. The molecule has 0 saturated carbocycles. The van der Waals surface area contributed by atoms with Gasteiger partial charge >= 0.3 is 17.9 Å². The number of carbonyl (C=O) groups is 3. The van der Waals surface area contributed by atoms with Crippen molar-refractivity contribution in [2.75, 3.05) is 13.2 Å². The fourth-order valence-electron chi connectivity index (χ4n) is 8.77. The van der Waals surface area contributed by atoms with Crippen molar-refractivity contribution in [2.45, 2.75) is 329 Å². The van der Waals surface area contributed by atoms with Crippen LogP contribution < -0.4 is 0 Å². The van der Waals surface area contributed by atoms with Gasteiger partial charge in [0.15, 0.2) is 6.10 Å². The standard InChI is InChI=1S/C60H112O6/c1-4-7-10-13-16-19-22-25-28-29-30-31-33-35-38-41-44-47-50-53-59(62)65-56-57(55-64-58(61)52-49-46-43-40-37-34-27-24-21-18-15-12-9-6-3)66-60(63)54-51-48-45-42-39-36-32-26-23-20-17-14-11-8-5-2/h17,20,26,32,57H,4-16,18-19,21-25,27-31,33-56H2,1-3H3/b20-17-,32-26-. The van der Waals surface area contributed by atoms with Crippen molar-refractivity contribution in [3.63, 3.8) is 0 Å². The van der Waals surface area contributed by atoms with Crippen LogP contribution in [0.4, 0.5) is 0 Å². The average Bonchev–Trinajstić information content (AvgIpc) is 3.31. The highest BCUT2D eigenvalue weighted by molar-refractivity contribution is 5.71. The summed E-state index contributed by atoms with van der Waals surface area (Å²) in [6.45, 7) is 6.66. The van der Waals surface area contributed by atoms with Crippen molar-refractivity contribution in [3.8, 4) is 0 Å². The molecule has 388 valence electrons. The van der Waals surface area contributed by atoms with Gasteiger partial charge in [-0.05, 0) is 51.4 Å². The molecule has 0 heterocycles. The smallest absolute Gasteiger partial charge is 0.306 e. The van der Waals surface area contributed by atoms with Gasteiger partial charge in [-0.25, -0.2) is 0 Å². The molecule has 0 bridgehead atoms. The van der Waals surface area contributed by atoms with Gasteiger partial charge in [-0.15, -0.1) is 0 Å². The van der Waals surface area contributed by atoms with Gasteiger partial charge in [0.2, 0.25) is 0 Å². The molecule has 0 fully saturated rings. The Morgan fingerprint density at radius 2 is 0.545 bits per heavy atom. The minimum Gasteiger partial charge on any atom is -0.462 e. The zero-order valence-electron chi connectivity index (χ0n) is 44.5. The quantitative estimate of drug-likeness (QED) is 0.0262. The Hall–Kier alpha value is -2.11. The fraction of sp³-hybridized carbons (Fsp3) is 0.883. The molecule has 1 atom stereocenters. The van der Waals surface area contributed by atoms with Crippen LogP contribution in [0.3, 0.4) is 0 Å². The SMILES string of the molecule is CCCCC/C=C\C/C=C\CCCCCCCC(=O)OC(COC(=O)CCCCCCCCCCCCCCCC)COC(=O)CCCCCCCCCCCCCCCCCCCCC. The first kappa shape index (κ1) is 63.9. The van der Waals surface area contributed by atoms with Crippen LogP contribution in [-0.4, -0.2) is 37.2 Å². The Morgan fingerprint density at radius 1 is 0.303 bits per heavy atom. The lowest BCUT2D eigenvalue weighted by Gasteiger charge is -2.18. The summed E-state index contributed by atoms with van der Waals surface area (Å²) in [7, 11) is 0. The highest BCUT2D eigenvalue weighted by atomic mass is 16.6. The first-order chi connectivity index (χ1) is 32.5. The molecule has 0 aromatic rings. The highest BCUT2D eigenvalue weighted by Gasteiger charge is 2.19. The van der Waals surface area contributed by atoms with E-state index in [1.807, 2.05) is 0 Å². The summed E-state index contributed by atoms with van der Waals surface area (Å²) in [5, 5.41) is 0. The molecule has 6 nitrogen and oxygen atoms in total. The Bertz CT molecular complexity index is 1070. The van der Waals surface area contributed by atoms with E-state index in [4.69, 9.17) is 14.2 Å². The van der Waals surface area contributed by atoms with Crippen molar-refractivity contribution in [1.29, 1.82) is 0 Å². The maximum Gasteiger partial charge on any atom is 0.306 e. The third-order valence-corrected chi connectivity index (χ3v) is 13.2. The molecule has 0 N–H and O–H groups in total. The molecule has 0 saturated heterocycles. The maximum atomic E-state index is 12.8. The summed E-state index contributed by atoms with van der Waals surface area (Å²) in [6, 6.07) is 0. The van der Waals surface area contributed by atoms with Crippen LogP contribution in [0.1, 0.15) is 323 Å². The molecular weight excluding hydrogens is 817 g/mol. The second-order valence-corrected chi connectivity index (χ2v) is 19.9. The topological polar surface area (TPSA) is 78.9 Å². The van der Waals surface area contributed by atoms with E-state index in [2.05, 4.69) is 45.1 Å². The molecule has 0 radical (unpaired) electrons. The molecule has 0 amide bonds. The lowest BCUT2D eigenvalue weighted by molar-refractivity contribution is -0.167. The number of unbranched alkanes of at least 4 members (excludes halogenated alkanes) is 39. The summed E-state index contributed by atoms with van der Waals surface area (Å²) < 4.78 is 16.9. The molecule has 0 aromatic heterocycles. The molecular formula is C60H112O6. The minimum atomic E-state index is -0.773. The largest absolute Gasteiger partial charge is 0.462 e. The monoisotopic (exact) mass is 929 g/mol. The summed E-state index contributed by atoms with van der Waals surface area (Å²) in [4.78, 5) is 38.1. The number of hydrogen-bond donors (Lipinski definition) is 0. The van der Waals surface area contributed by atoms with Crippen LogP contribution in [0.15, 0.2) is 24.3 Å². The summed E-state index contributed by atoms with van der Waals surface area (Å²) in [6.07, 6.45) is 64.5. The minimum absolute atomic E-state index is 0.0714. The molecule has 0 aliphatic rings. The van der Waals surface area contributed by atoms with Crippen molar-refractivity contribution in [2.24, 2.45) is 0 Å². The summed E-state index contributed by atoms with van der Waals surface area (Å²) in [5.74, 6) is -0.863. The van der Waals surface area contributed by atoms with Crippen LogP contribution in [-0.2, 0) is 28.6 Å². The van der Waals surface area contributed by atoms with Crippen LogP contribution >= 0.6 is 0 Å². The Labute approximate surface area is 411 Å². The predicted molar refractivity (Wildman–Crippen MR) is 284 cm³/mol. The number of rotatable bonds is 54.